The zero-order valence-corrected chi connectivity index (χ0v) is 12.7. The molecule has 0 aliphatic carbocycles. The molecule has 1 aliphatic rings. The monoisotopic (exact) mass is 293 g/mol. The van der Waals surface area contributed by atoms with Crippen LogP contribution in [0.5, 0.6) is 0 Å². The second-order valence-electron chi connectivity index (χ2n) is 5.34. The van der Waals surface area contributed by atoms with E-state index in [1.54, 1.807) is 11.9 Å². The lowest BCUT2D eigenvalue weighted by Crippen LogP contribution is -2.09. The molecule has 0 atom stereocenters. The Morgan fingerprint density at radius 1 is 1.05 bits per heavy atom. The van der Waals surface area contributed by atoms with Gasteiger partial charge in [0, 0.05) is 47.4 Å². The molecule has 0 fully saturated rings. The molecule has 4 rings (SSSR count). The first kappa shape index (κ1) is 12.5. The van der Waals surface area contributed by atoms with Gasteiger partial charge >= 0.3 is 0 Å². The summed E-state index contributed by atoms with van der Waals surface area (Å²) in [6.07, 6.45) is 1.85. The van der Waals surface area contributed by atoms with Crippen molar-refractivity contribution >= 4 is 34.2 Å². The lowest BCUT2D eigenvalue weighted by atomic mass is 10.00. The Labute approximate surface area is 128 Å². The smallest absolute Gasteiger partial charge is 0.0948 e. The molecule has 2 heterocycles. The van der Waals surface area contributed by atoms with E-state index >= 15 is 0 Å². The molecular formula is C17H15N3S. The van der Waals surface area contributed by atoms with Crippen LogP contribution in [0.4, 0.5) is 11.4 Å². The number of anilines is 2. The number of hydrogen-bond acceptors (Lipinski definition) is 4. The van der Waals surface area contributed by atoms with E-state index in [9.17, 15) is 0 Å². The summed E-state index contributed by atoms with van der Waals surface area (Å²) in [5, 5.41) is 1.16. The number of benzene rings is 2. The Kier molecular flexibility index (Phi) is 2.79. The molecule has 0 spiro atoms. The normalized spacial score (nSPS) is 12.5. The predicted octanol–water partition coefficient (Wildman–Crippen LogP) is 4.40. The van der Waals surface area contributed by atoms with Crippen LogP contribution in [0.1, 0.15) is 0 Å². The van der Waals surface area contributed by atoms with Gasteiger partial charge in [0.2, 0.25) is 0 Å². The van der Waals surface area contributed by atoms with Gasteiger partial charge in [-0.05, 0) is 36.2 Å². The van der Waals surface area contributed by atoms with Gasteiger partial charge in [-0.3, -0.25) is 4.98 Å². The Morgan fingerprint density at radius 2 is 1.95 bits per heavy atom. The zero-order valence-electron chi connectivity index (χ0n) is 11.9. The number of aromatic nitrogens is 1. The summed E-state index contributed by atoms with van der Waals surface area (Å²) in [7, 11) is 4.14. The van der Waals surface area contributed by atoms with Crippen molar-refractivity contribution in [3.8, 4) is 11.1 Å². The van der Waals surface area contributed by atoms with Crippen molar-refractivity contribution in [3.63, 3.8) is 0 Å². The zero-order chi connectivity index (χ0) is 14.4. The summed E-state index contributed by atoms with van der Waals surface area (Å²) in [5.74, 6) is 0. The van der Waals surface area contributed by atoms with E-state index in [0.717, 1.165) is 16.6 Å². The quantitative estimate of drug-likeness (QED) is 0.673. The third-order valence-electron chi connectivity index (χ3n) is 3.81. The predicted molar refractivity (Wildman–Crippen MR) is 91.0 cm³/mol. The summed E-state index contributed by atoms with van der Waals surface area (Å²) in [6, 6.07) is 15.0. The van der Waals surface area contributed by atoms with E-state index in [-0.39, 0.29) is 0 Å². The van der Waals surface area contributed by atoms with Gasteiger partial charge in [0.25, 0.3) is 0 Å². The average Bonchev–Trinajstić information content (AvgIpc) is 2.53. The lowest BCUT2D eigenvalue weighted by Gasteiger charge is -2.23. The highest BCUT2D eigenvalue weighted by Crippen LogP contribution is 2.45. The molecule has 1 aromatic heterocycles. The van der Waals surface area contributed by atoms with Crippen molar-refractivity contribution in [1.29, 1.82) is 0 Å². The number of fused-ring (bicyclic) bond motifs is 5. The summed E-state index contributed by atoms with van der Waals surface area (Å²) in [5.41, 5.74) is 5.85. The third-order valence-corrected chi connectivity index (χ3v) is 4.69. The highest BCUT2D eigenvalue weighted by Gasteiger charge is 2.19. The van der Waals surface area contributed by atoms with Crippen LogP contribution < -0.4 is 9.62 Å². The van der Waals surface area contributed by atoms with Crippen LogP contribution in [-0.4, -0.2) is 19.1 Å². The first-order chi connectivity index (χ1) is 10.2. The van der Waals surface area contributed by atoms with Crippen LogP contribution >= 0.6 is 11.9 Å². The third kappa shape index (κ3) is 1.94. The maximum atomic E-state index is 4.54. The number of hydrogen-bond donors (Lipinski definition) is 1. The van der Waals surface area contributed by atoms with E-state index in [4.69, 9.17) is 0 Å². The van der Waals surface area contributed by atoms with Crippen molar-refractivity contribution in [2.75, 3.05) is 23.7 Å². The first-order valence-electron chi connectivity index (χ1n) is 6.86. The minimum Gasteiger partial charge on any atom is -0.378 e. The number of nitrogens with zero attached hydrogens (tertiary/aromatic N) is 2. The fourth-order valence-electron chi connectivity index (χ4n) is 2.67. The van der Waals surface area contributed by atoms with Crippen molar-refractivity contribution in [3.05, 3.63) is 48.7 Å². The molecule has 0 saturated carbocycles. The van der Waals surface area contributed by atoms with Crippen molar-refractivity contribution in [2.45, 2.75) is 4.90 Å². The van der Waals surface area contributed by atoms with Crippen LogP contribution in [0, 0.1) is 0 Å². The molecule has 0 saturated heterocycles. The fourth-order valence-corrected chi connectivity index (χ4v) is 3.51. The Bertz CT molecular complexity index is 843. The van der Waals surface area contributed by atoms with E-state index in [2.05, 4.69) is 65.1 Å². The Balaban J connectivity index is 1.99. The standard InChI is InChI=1S/C17H15N3S/c1-20(2)12-6-8-15-14(10-12)13-7-5-11-4-3-9-18-16(11)17(13)19-21-15/h3-10,19H,1-2H3. The van der Waals surface area contributed by atoms with Gasteiger partial charge in [-0.25, -0.2) is 0 Å². The van der Waals surface area contributed by atoms with Crippen LogP contribution in [-0.2, 0) is 0 Å². The van der Waals surface area contributed by atoms with Crippen molar-refractivity contribution in [2.24, 2.45) is 0 Å². The number of nitrogens with one attached hydrogen (secondary N) is 1. The topological polar surface area (TPSA) is 28.2 Å². The number of rotatable bonds is 1. The molecule has 3 nitrogen and oxygen atoms in total. The van der Waals surface area contributed by atoms with E-state index < -0.39 is 0 Å². The molecule has 3 aromatic rings. The van der Waals surface area contributed by atoms with Gasteiger partial charge in [0.1, 0.15) is 0 Å². The van der Waals surface area contributed by atoms with Crippen LogP contribution in [0.2, 0.25) is 0 Å². The maximum Gasteiger partial charge on any atom is 0.0948 e. The fraction of sp³-hybridized carbons (Fsp3) is 0.118. The number of pyridine rings is 1. The molecule has 4 heteroatoms. The SMILES string of the molecule is CN(C)c1ccc2c(c1)-c1ccc3cccnc3c1NS2. The molecule has 104 valence electrons. The highest BCUT2D eigenvalue weighted by atomic mass is 32.2. The molecule has 0 bridgehead atoms. The summed E-state index contributed by atoms with van der Waals surface area (Å²) >= 11 is 1.66. The van der Waals surface area contributed by atoms with Gasteiger partial charge < -0.3 is 9.62 Å². The summed E-state index contributed by atoms with van der Waals surface area (Å²) in [6.45, 7) is 0. The van der Waals surface area contributed by atoms with Crippen molar-refractivity contribution < 1.29 is 0 Å². The van der Waals surface area contributed by atoms with E-state index in [1.807, 2.05) is 12.3 Å². The van der Waals surface area contributed by atoms with Gasteiger partial charge in [-0.15, -0.1) is 0 Å². The van der Waals surface area contributed by atoms with Crippen LogP contribution in [0.25, 0.3) is 22.0 Å². The highest BCUT2D eigenvalue weighted by molar-refractivity contribution is 8.00. The van der Waals surface area contributed by atoms with Crippen LogP contribution in [0.3, 0.4) is 0 Å². The molecule has 2 aromatic carbocycles. The van der Waals surface area contributed by atoms with E-state index in [0.29, 0.717) is 0 Å². The molecule has 0 unspecified atom stereocenters. The van der Waals surface area contributed by atoms with Gasteiger partial charge in [-0.2, -0.15) is 0 Å². The average molecular weight is 293 g/mol. The first-order valence-corrected chi connectivity index (χ1v) is 7.68. The molecule has 21 heavy (non-hydrogen) atoms. The Morgan fingerprint density at radius 3 is 2.81 bits per heavy atom. The van der Waals surface area contributed by atoms with E-state index in [1.165, 1.54) is 21.7 Å². The minimum atomic E-state index is 1.03. The van der Waals surface area contributed by atoms with Gasteiger partial charge in [0.15, 0.2) is 0 Å². The molecule has 1 aliphatic heterocycles. The van der Waals surface area contributed by atoms with Crippen molar-refractivity contribution in [1.82, 2.24) is 4.98 Å². The largest absolute Gasteiger partial charge is 0.378 e. The maximum absolute atomic E-state index is 4.54. The second-order valence-corrected chi connectivity index (χ2v) is 6.19. The minimum absolute atomic E-state index is 1.03. The summed E-state index contributed by atoms with van der Waals surface area (Å²) < 4.78 is 3.45. The van der Waals surface area contributed by atoms with Gasteiger partial charge in [0.05, 0.1) is 11.2 Å². The molecule has 0 radical (unpaired) electrons. The second kappa shape index (κ2) is 4.67. The molecular weight excluding hydrogens is 278 g/mol. The summed E-state index contributed by atoms with van der Waals surface area (Å²) in [4.78, 5) is 7.92. The molecule has 1 N–H and O–H groups in total. The van der Waals surface area contributed by atoms with Crippen LogP contribution in [0.15, 0.2) is 53.6 Å². The lowest BCUT2D eigenvalue weighted by molar-refractivity contribution is 1.13. The van der Waals surface area contributed by atoms with Gasteiger partial charge in [-0.1, -0.05) is 18.2 Å². The Hall–Kier alpha value is -2.20. The molecule has 0 amide bonds.